The molecule has 166 valence electrons. The topological polar surface area (TPSA) is 68.0 Å². The Morgan fingerprint density at radius 3 is 2.06 bits per heavy atom. The van der Waals surface area contributed by atoms with Crippen LogP contribution in [0.3, 0.4) is 0 Å². The van der Waals surface area contributed by atoms with E-state index in [1.807, 2.05) is 43.3 Å². The molecule has 1 heterocycles. The molecule has 0 aliphatic heterocycles. The van der Waals surface area contributed by atoms with E-state index in [4.69, 9.17) is 5.73 Å². The van der Waals surface area contributed by atoms with Gasteiger partial charge in [-0.15, -0.1) is 0 Å². The SMILES string of the molecule is Cc1ccc(C(=O)Nc2ccc(-c3cc4c(cc3C)C(C)(C)CCC4(C)C)c(N)n2)cc1. The van der Waals surface area contributed by atoms with E-state index in [0.29, 0.717) is 17.2 Å². The lowest BCUT2D eigenvalue weighted by Gasteiger charge is -2.42. The Hall–Kier alpha value is -3.14. The van der Waals surface area contributed by atoms with Crippen molar-refractivity contribution < 1.29 is 4.79 Å². The molecule has 1 amide bonds. The first-order chi connectivity index (χ1) is 15.0. The number of nitrogen functional groups attached to an aromatic ring is 1. The standard InChI is InChI=1S/C28H33N3O/c1-17-7-9-19(10-8-17)26(32)31-24-12-11-20(25(29)30-24)21-16-23-22(15-18(21)2)27(3,4)13-14-28(23,5)6/h7-12,15-16H,13-14H2,1-6H3,(H3,29,30,31,32). The molecule has 0 fully saturated rings. The number of nitrogens with one attached hydrogen (secondary N) is 1. The van der Waals surface area contributed by atoms with E-state index < -0.39 is 0 Å². The highest BCUT2D eigenvalue weighted by Gasteiger charge is 2.37. The molecule has 3 N–H and O–H groups in total. The lowest BCUT2D eigenvalue weighted by atomic mass is 9.62. The summed E-state index contributed by atoms with van der Waals surface area (Å²) in [6.07, 6.45) is 2.35. The van der Waals surface area contributed by atoms with Crippen LogP contribution in [-0.2, 0) is 10.8 Å². The molecule has 1 aliphatic rings. The molecule has 0 saturated heterocycles. The van der Waals surface area contributed by atoms with Gasteiger partial charge in [-0.25, -0.2) is 4.98 Å². The zero-order valence-electron chi connectivity index (χ0n) is 20.0. The van der Waals surface area contributed by atoms with Crippen molar-refractivity contribution in [1.82, 2.24) is 4.98 Å². The minimum absolute atomic E-state index is 0.122. The van der Waals surface area contributed by atoms with Crippen molar-refractivity contribution in [2.75, 3.05) is 11.1 Å². The van der Waals surface area contributed by atoms with Crippen LogP contribution in [0.15, 0.2) is 48.5 Å². The van der Waals surface area contributed by atoms with E-state index >= 15 is 0 Å². The molecule has 4 heteroatoms. The van der Waals surface area contributed by atoms with E-state index in [9.17, 15) is 4.79 Å². The quantitative estimate of drug-likeness (QED) is 0.498. The molecule has 32 heavy (non-hydrogen) atoms. The summed E-state index contributed by atoms with van der Waals surface area (Å²) in [6, 6.07) is 15.9. The number of carbonyl (C=O) groups is 1. The Kier molecular flexibility index (Phi) is 5.36. The molecule has 0 radical (unpaired) electrons. The summed E-state index contributed by atoms with van der Waals surface area (Å²) in [5.41, 5.74) is 14.4. The molecule has 2 aromatic carbocycles. The maximum absolute atomic E-state index is 12.5. The van der Waals surface area contributed by atoms with Crippen LogP contribution in [-0.4, -0.2) is 10.9 Å². The first-order valence-corrected chi connectivity index (χ1v) is 11.3. The van der Waals surface area contributed by atoms with E-state index in [0.717, 1.165) is 23.1 Å². The fourth-order valence-electron chi connectivity index (χ4n) is 4.68. The fraction of sp³-hybridized carbons (Fsp3) is 0.357. The summed E-state index contributed by atoms with van der Waals surface area (Å²) in [4.78, 5) is 17.0. The summed E-state index contributed by atoms with van der Waals surface area (Å²) in [6.45, 7) is 13.5. The van der Waals surface area contributed by atoms with Crippen LogP contribution in [0.5, 0.6) is 0 Å². The Morgan fingerprint density at radius 1 is 0.875 bits per heavy atom. The predicted octanol–water partition coefficient (Wildman–Crippen LogP) is 6.55. The smallest absolute Gasteiger partial charge is 0.256 e. The van der Waals surface area contributed by atoms with Gasteiger partial charge >= 0.3 is 0 Å². The number of anilines is 2. The van der Waals surface area contributed by atoms with Crippen molar-refractivity contribution in [3.05, 3.63) is 76.3 Å². The highest BCUT2D eigenvalue weighted by molar-refractivity contribution is 6.04. The van der Waals surface area contributed by atoms with Crippen LogP contribution in [0, 0.1) is 13.8 Å². The largest absolute Gasteiger partial charge is 0.383 e. The zero-order valence-corrected chi connectivity index (χ0v) is 20.0. The van der Waals surface area contributed by atoms with Gasteiger partial charge < -0.3 is 11.1 Å². The first-order valence-electron chi connectivity index (χ1n) is 11.3. The molecular weight excluding hydrogens is 394 g/mol. The van der Waals surface area contributed by atoms with E-state index in [-0.39, 0.29) is 16.7 Å². The number of amides is 1. The molecule has 1 aliphatic carbocycles. The maximum atomic E-state index is 12.5. The van der Waals surface area contributed by atoms with Crippen molar-refractivity contribution >= 4 is 17.5 Å². The van der Waals surface area contributed by atoms with Crippen LogP contribution in [0.4, 0.5) is 11.6 Å². The number of aryl methyl sites for hydroxylation is 2. The van der Waals surface area contributed by atoms with Crippen molar-refractivity contribution in [3.63, 3.8) is 0 Å². The molecule has 1 aromatic heterocycles. The third-order valence-electron chi connectivity index (χ3n) is 6.97. The lowest BCUT2D eigenvalue weighted by molar-refractivity contribution is 0.102. The van der Waals surface area contributed by atoms with Gasteiger partial charge in [0, 0.05) is 11.1 Å². The molecule has 0 saturated carbocycles. The van der Waals surface area contributed by atoms with Crippen LogP contribution < -0.4 is 11.1 Å². The van der Waals surface area contributed by atoms with Crippen LogP contribution in [0.1, 0.15) is 73.1 Å². The zero-order chi connectivity index (χ0) is 23.3. The van der Waals surface area contributed by atoms with Gasteiger partial charge in [-0.05, 0) is 90.1 Å². The predicted molar refractivity (Wildman–Crippen MR) is 133 cm³/mol. The summed E-state index contributed by atoms with van der Waals surface area (Å²) in [5.74, 6) is 0.676. The van der Waals surface area contributed by atoms with Crippen molar-refractivity contribution in [2.45, 2.75) is 65.2 Å². The molecule has 0 spiro atoms. The minimum atomic E-state index is -0.196. The van der Waals surface area contributed by atoms with Crippen molar-refractivity contribution in [3.8, 4) is 11.1 Å². The molecule has 3 aromatic rings. The van der Waals surface area contributed by atoms with Crippen molar-refractivity contribution in [2.24, 2.45) is 0 Å². The van der Waals surface area contributed by atoms with Crippen LogP contribution >= 0.6 is 0 Å². The van der Waals surface area contributed by atoms with Gasteiger partial charge in [0.05, 0.1) is 0 Å². The number of hydrogen-bond donors (Lipinski definition) is 2. The average molecular weight is 428 g/mol. The average Bonchev–Trinajstić information content (AvgIpc) is 2.72. The number of fused-ring (bicyclic) bond motifs is 1. The van der Waals surface area contributed by atoms with Gasteiger partial charge in [0.15, 0.2) is 0 Å². The molecule has 4 rings (SSSR count). The number of nitrogens with zero attached hydrogens (tertiary/aromatic N) is 1. The van der Waals surface area contributed by atoms with E-state index in [1.165, 1.54) is 23.1 Å². The Morgan fingerprint density at radius 2 is 1.47 bits per heavy atom. The Labute approximate surface area is 191 Å². The highest BCUT2D eigenvalue weighted by Crippen LogP contribution is 2.48. The summed E-state index contributed by atoms with van der Waals surface area (Å²) in [5, 5.41) is 2.86. The number of hydrogen-bond acceptors (Lipinski definition) is 3. The van der Waals surface area contributed by atoms with E-state index in [2.05, 4.69) is 57.1 Å². The Bertz CT molecular complexity index is 1190. The van der Waals surface area contributed by atoms with Crippen LogP contribution in [0.25, 0.3) is 11.1 Å². The third kappa shape index (κ3) is 4.02. The van der Waals surface area contributed by atoms with Crippen LogP contribution in [0.2, 0.25) is 0 Å². The first kappa shape index (κ1) is 22.1. The Balaban J connectivity index is 1.68. The molecular formula is C28H33N3O. The lowest BCUT2D eigenvalue weighted by Crippen LogP contribution is -2.34. The highest BCUT2D eigenvalue weighted by atomic mass is 16.1. The minimum Gasteiger partial charge on any atom is -0.383 e. The number of pyridine rings is 1. The number of nitrogens with two attached hydrogens (primary N) is 1. The summed E-state index contributed by atoms with van der Waals surface area (Å²) < 4.78 is 0. The summed E-state index contributed by atoms with van der Waals surface area (Å²) in [7, 11) is 0. The normalized spacial score (nSPS) is 16.3. The van der Waals surface area contributed by atoms with Gasteiger partial charge in [-0.2, -0.15) is 0 Å². The second-order valence-electron chi connectivity index (χ2n) is 10.4. The monoisotopic (exact) mass is 427 g/mol. The molecule has 0 unspecified atom stereocenters. The number of rotatable bonds is 3. The summed E-state index contributed by atoms with van der Waals surface area (Å²) >= 11 is 0. The third-order valence-corrected chi connectivity index (χ3v) is 6.97. The number of aromatic nitrogens is 1. The van der Waals surface area contributed by atoms with Gasteiger partial charge in [-0.1, -0.05) is 51.5 Å². The fourth-order valence-corrected chi connectivity index (χ4v) is 4.68. The van der Waals surface area contributed by atoms with Gasteiger partial charge in [0.25, 0.3) is 5.91 Å². The van der Waals surface area contributed by atoms with Gasteiger partial charge in [0.1, 0.15) is 11.6 Å². The number of benzene rings is 2. The van der Waals surface area contributed by atoms with Gasteiger partial charge in [-0.3, -0.25) is 4.79 Å². The van der Waals surface area contributed by atoms with Gasteiger partial charge in [0.2, 0.25) is 0 Å². The molecule has 0 atom stereocenters. The second kappa shape index (κ2) is 7.77. The van der Waals surface area contributed by atoms with E-state index in [1.54, 1.807) is 0 Å². The maximum Gasteiger partial charge on any atom is 0.256 e. The second-order valence-corrected chi connectivity index (χ2v) is 10.4. The van der Waals surface area contributed by atoms with Crippen molar-refractivity contribution in [1.29, 1.82) is 0 Å². The molecule has 4 nitrogen and oxygen atoms in total. The molecule has 0 bridgehead atoms. The number of carbonyl (C=O) groups excluding carboxylic acids is 1.